The fourth-order valence-electron chi connectivity index (χ4n) is 3.82. The van der Waals surface area contributed by atoms with E-state index in [1.807, 2.05) is 0 Å². The zero-order valence-electron chi connectivity index (χ0n) is 21.9. The molecule has 0 spiro atoms. The molecule has 1 heterocycles. The monoisotopic (exact) mass is 508 g/mol. The summed E-state index contributed by atoms with van der Waals surface area (Å²) in [6, 6.07) is 0. The van der Waals surface area contributed by atoms with Crippen molar-refractivity contribution in [3.63, 3.8) is 0 Å². The van der Waals surface area contributed by atoms with E-state index < -0.39 is 48.2 Å². The summed E-state index contributed by atoms with van der Waals surface area (Å²) in [5.74, 6) is -3.83. The molecule has 8 nitrogen and oxygen atoms in total. The average molecular weight is 509 g/mol. The summed E-state index contributed by atoms with van der Waals surface area (Å²) in [7, 11) is 0. The number of carbonyl (C=O) groups excluding carboxylic acids is 3. The number of esters is 3. The number of cyclic esters (lactones) is 1. The molecule has 0 unspecified atom stereocenters. The van der Waals surface area contributed by atoms with Crippen molar-refractivity contribution in [1.29, 1.82) is 0 Å². The van der Waals surface area contributed by atoms with Gasteiger partial charge in [0.05, 0.1) is 0 Å². The summed E-state index contributed by atoms with van der Waals surface area (Å²) in [5.41, 5.74) is 0. The molecular weight excluding hydrogens is 464 g/mol. The highest BCUT2D eigenvalue weighted by Gasteiger charge is 2.41. The molecule has 0 radical (unpaired) electrons. The van der Waals surface area contributed by atoms with E-state index in [4.69, 9.17) is 14.2 Å². The van der Waals surface area contributed by atoms with Crippen LogP contribution < -0.4 is 0 Å². The Bertz CT molecular complexity index is 753. The first-order valence-corrected chi connectivity index (χ1v) is 13.4. The van der Waals surface area contributed by atoms with E-state index in [0.717, 1.165) is 18.9 Å². The molecule has 0 bridgehead atoms. The van der Waals surface area contributed by atoms with Crippen LogP contribution >= 0.6 is 0 Å². The van der Waals surface area contributed by atoms with E-state index in [0.29, 0.717) is 6.42 Å². The predicted molar refractivity (Wildman–Crippen MR) is 137 cm³/mol. The summed E-state index contributed by atoms with van der Waals surface area (Å²) in [4.78, 5) is 35.5. The smallest absolute Gasteiger partial charge is 0.378 e. The number of aliphatic hydroxyl groups is 2. The number of aliphatic hydroxyl groups excluding tert-OH is 2. The molecule has 36 heavy (non-hydrogen) atoms. The summed E-state index contributed by atoms with van der Waals surface area (Å²) < 4.78 is 14.7. The molecule has 204 valence electrons. The third kappa shape index (κ3) is 13.5. The lowest BCUT2D eigenvalue weighted by molar-refractivity contribution is -0.156. The standard InChI is InChI=1S/C28H44O8/c1-3-5-7-8-9-10-11-12-13-14-15-16-18-19-23(30)34-21-22(29)26-25(32)27(28(33)36-26)35-24(31)20-17-6-4-2/h4,6,17,20,22,26,29,32H,3,5,7-16,18-19,21H2,1-2H3/b6-4+,20-17+/t22-,26+/m0/s1. The molecule has 1 rings (SSSR count). The van der Waals surface area contributed by atoms with Gasteiger partial charge in [0.2, 0.25) is 0 Å². The van der Waals surface area contributed by atoms with E-state index in [2.05, 4.69) is 6.92 Å². The van der Waals surface area contributed by atoms with Crippen molar-refractivity contribution in [2.75, 3.05) is 6.61 Å². The van der Waals surface area contributed by atoms with Gasteiger partial charge in [-0.1, -0.05) is 102 Å². The summed E-state index contributed by atoms with van der Waals surface area (Å²) in [6.45, 7) is 3.54. The molecule has 1 aliphatic heterocycles. The molecule has 0 aromatic heterocycles. The zero-order chi connectivity index (χ0) is 26.6. The highest BCUT2D eigenvalue weighted by Crippen LogP contribution is 2.24. The van der Waals surface area contributed by atoms with Crippen LogP contribution in [0.3, 0.4) is 0 Å². The Morgan fingerprint density at radius 1 is 0.944 bits per heavy atom. The molecule has 0 aromatic carbocycles. The normalized spacial score (nSPS) is 16.6. The zero-order valence-corrected chi connectivity index (χ0v) is 21.9. The molecule has 0 saturated heterocycles. The van der Waals surface area contributed by atoms with Crippen LogP contribution in [0.1, 0.15) is 104 Å². The number of rotatable bonds is 20. The first-order chi connectivity index (χ1) is 17.4. The van der Waals surface area contributed by atoms with Crippen LogP contribution in [-0.4, -0.2) is 46.9 Å². The van der Waals surface area contributed by atoms with Crippen LogP contribution in [-0.2, 0) is 28.6 Å². The maximum absolute atomic E-state index is 11.9. The van der Waals surface area contributed by atoms with Crippen LogP contribution in [0, 0.1) is 0 Å². The Balaban J connectivity index is 2.16. The minimum Gasteiger partial charge on any atom is -0.505 e. The van der Waals surface area contributed by atoms with Gasteiger partial charge in [0.15, 0.2) is 11.9 Å². The van der Waals surface area contributed by atoms with Crippen molar-refractivity contribution < 1.29 is 38.8 Å². The number of allylic oxidation sites excluding steroid dienone is 3. The Hall–Kier alpha value is -2.61. The van der Waals surface area contributed by atoms with E-state index in [1.54, 1.807) is 19.1 Å². The van der Waals surface area contributed by atoms with Crippen LogP contribution in [0.15, 0.2) is 35.8 Å². The van der Waals surface area contributed by atoms with Crippen molar-refractivity contribution in [3.8, 4) is 0 Å². The van der Waals surface area contributed by atoms with Crippen molar-refractivity contribution in [2.45, 2.75) is 116 Å². The second-order valence-electron chi connectivity index (χ2n) is 9.09. The highest BCUT2D eigenvalue weighted by atomic mass is 16.6. The Labute approximate surface area is 215 Å². The predicted octanol–water partition coefficient (Wildman–Crippen LogP) is 5.74. The quantitative estimate of drug-likeness (QED) is 0.0702. The minimum absolute atomic E-state index is 0.234. The number of hydrogen-bond acceptors (Lipinski definition) is 8. The lowest BCUT2D eigenvalue weighted by Gasteiger charge is -2.17. The SMILES string of the molecule is C/C=C/C=C/C(=O)OC1=C(O)[C@@H]([C@@H](O)COC(=O)CCCCCCCCCCCCCCC)OC1=O. The van der Waals surface area contributed by atoms with Crippen LogP contribution in [0.5, 0.6) is 0 Å². The molecule has 2 atom stereocenters. The van der Waals surface area contributed by atoms with Crippen LogP contribution in [0.25, 0.3) is 0 Å². The highest BCUT2D eigenvalue weighted by molar-refractivity contribution is 5.94. The number of hydrogen-bond donors (Lipinski definition) is 2. The van der Waals surface area contributed by atoms with Gasteiger partial charge in [-0.25, -0.2) is 9.59 Å². The Morgan fingerprint density at radius 2 is 1.50 bits per heavy atom. The van der Waals surface area contributed by atoms with E-state index >= 15 is 0 Å². The van der Waals surface area contributed by atoms with E-state index in [1.165, 1.54) is 70.3 Å². The van der Waals surface area contributed by atoms with Crippen molar-refractivity contribution in [3.05, 3.63) is 35.8 Å². The molecule has 0 aliphatic carbocycles. The second-order valence-corrected chi connectivity index (χ2v) is 9.09. The second kappa shape index (κ2) is 19.6. The molecule has 8 heteroatoms. The van der Waals surface area contributed by atoms with Gasteiger partial charge >= 0.3 is 17.9 Å². The average Bonchev–Trinajstić information content (AvgIpc) is 3.14. The minimum atomic E-state index is -1.49. The van der Waals surface area contributed by atoms with Crippen LogP contribution in [0.4, 0.5) is 0 Å². The van der Waals surface area contributed by atoms with E-state index in [-0.39, 0.29) is 6.42 Å². The molecule has 2 N–H and O–H groups in total. The van der Waals surface area contributed by atoms with Gasteiger partial charge in [-0.05, 0) is 13.3 Å². The molecule has 0 aromatic rings. The Morgan fingerprint density at radius 3 is 2.06 bits per heavy atom. The number of carbonyl (C=O) groups is 3. The van der Waals surface area contributed by atoms with Crippen molar-refractivity contribution >= 4 is 17.9 Å². The third-order valence-electron chi connectivity index (χ3n) is 5.91. The first kappa shape index (κ1) is 31.4. The maximum Gasteiger partial charge on any atom is 0.378 e. The fourth-order valence-corrected chi connectivity index (χ4v) is 3.82. The summed E-state index contributed by atoms with van der Waals surface area (Å²) >= 11 is 0. The van der Waals surface area contributed by atoms with E-state index in [9.17, 15) is 24.6 Å². The van der Waals surface area contributed by atoms with Gasteiger partial charge < -0.3 is 24.4 Å². The van der Waals surface area contributed by atoms with Crippen LogP contribution in [0.2, 0.25) is 0 Å². The van der Waals surface area contributed by atoms with Gasteiger partial charge in [-0.3, -0.25) is 4.79 Å². The van der Waals surface area contributed by atoms with Crippen molar-refractivity contribution in [1.82, 2.24) is 0 Å². The molecule has 1 aliphatic rings. The summed E-state index contributed by atoms with van der Waals surface area (Å²) in [6.07, 6.45) is 18.8. The molecular formula is C28H44O8. The third-order valence-corrected chi connectivity index (χ3v) is 5.91. The molecule has 0 amide bonds. The van der Waals surface area contributed by atoms with Gasteiger partial charge in [-0.15, -0.1) is 0 Å². The van der Waals surface area contributed by atoms with Gasteiger partial charge in [0.1, 0.15) is 12.7 Å². The lowest BCUT2D eigenvalue weighted by atomic mass is 10.0. The van der Waals surface area contributed by atoms with Gasteiger partial charge in [-0.2, -0.15) is 0 Å². The lowest BCUT2D eigenvalue weighted by Crippen LogP contribution is -2.33. The van der Waals surface area contributed by atoms with Gasteiger partial charge in [0.25, 0.3) is 5.76 Å². The molecule has 0 fully saturated rings. The summed E-state index contributed by atoms with van der Waals surface area (Å²) in [5, 5.41) is 20.3. The maximum atomic E-state index is 11.9. The Kier molecular flexibility index (Phi) is 17.1. The largest absolute Gasteiger partial charge is 0.505 e. The first-order valence-electron chi connectivity index (χ1n) is 13.4. The molecule has 0 saturated carbocycles. The number of ether oxygens (including phenoxy) is 3. The van der Waals surface area contributed by atoms with Crippen molar-refractivity contribution in [2.24, 2.45) is 0 Å². The van der Waals surface area contributed by atoms with Gasteiger partial charge in [0, 0.05) is 12.5 Å². The fraction of sp³-hybridized carbons (Fsp3) is 0.679. The topological polar surface area (TPSA) is 119 Å². The number of unbranched alkanes of at least 4 members (excludes halogenated alkanes) is 12.